The van der Waals surface area contributed by atoms with Crippen LogP contribution in [0.25, 0.3) is 0 Å². The van der Waals surface area contributed by atoms with Gasteiger partial charge < -0.3 is 15.0 Å². The number of hydrogen-bond acceptors (Lipinski definition) is 5. The molecule has 196 valence electrons. The number of aromatic nitrogens is 1. The second kappa shape index (κ2) is 11.0. The van der Waals surface area contributed by atoms with Crippen LogP contribution >= 0.6 is 23.4 Å². The molecule has 2 aromatic rings. The monoisotopic (exact) mass is 549 g/mol. The van der Waals surface area contributed by atoms with Gasteiger partial charge in [0.05, 0.1) is 22.6 Å². The van der Waals surface area contributed by atoms with Gasteiger partial charge in [0.2, 0.25) is 5.91 Å². The molecular formula is C24H25ClF5N3O2S. The number of fused-ring (bicyclic) bond motifs is 1. The van der Waals surface area contributed by atoms with Crippen LogP contribution in [0.1, 0.15) is 35.7 Å². The SMILES string of the molecule is CN(C(=O)C1CCSCC1)[C@@H](c1ccc(NC2Cc3cc(Cl)c(OC(F)F)cc3C2)cn1)C(F)(F)F. The summed E-state index contributed by atoms with van der Waals surface area (Å²) in [5, 5.41) is 3.30. The fourth-order valence-corrected chi connectivity index (χ4v) is 6.08. The van der Waals surface area contributed by atoms with Crippen molar-refractivity contribution >= 4 is 35.0 Å². The van der Waals surface area contributed by atoms with Crippen LogP contribution in [0.2, 0.25) is 5.02 Å². The summed E-state index contributed by atoms with van der Waals surface area (Å²) < 4.78 is 71.6. The second-order valence-corrected chi connectivity index (χ2v) is 10.6. The summed E-state index contributed by atoms with van der Waals surface area (Å²) in [4.78, 5) is 17.6. The Labute approximate surface area is 214 Å². The Morgan fingerprint density at radius 1 is 1.19 bits per heavy atom. The highest BCUT2D eigenvalue weighted by atomic mass is 35.5. The molecule has 0 spiro atoms. The highest BCUT2D eigenvalue weighted by molar-refractivity contribution is 7.99. The molecule has 1 aliphatic heterocycles. The van der Waals surface area contributed by atoms with Gasteiger partial charge >= 0.3 is 12.8 Å². The Kier molecular flexibility index (Phi) is 8.18. The number of carbonyl (C=O) groups excluding carboxylic acids is 1. The van der Waals surface area contributed by atoms with E-state index in [0.717, 1.165) is 27.5 Å². The maximum Gasteiger partial charge on any atom is 0.414 e. The van der Waals surface area contributed by atoms with E-state index in [2.05, 4.69) is 15.0 Å². The lowest BCUT2D eigenvalue weighted by atomic mass is 9.99. The zero-order valence-electron chi connectivity index (χ0n) is 19.3. The number of pyridine rings is 1. The smallest absolute Gasteiger partial charge is 0.414 e. The minimum Gasteiger partial charge on any atom is -0.433 e. The van der Waals surface area contributed by atoms with E-state index in [1.54, 1.807) is 17.8 Å². The molecule has 1 aromatic heterocycles. The van der Waals surface area contributed by atoms with Crippen molar-refractivity contribution < 1.29 is 31.5 Å². The number of amides is 1. The Bertz CT molecular complexity index is 1080. The van der Waals surface area contributed by atoms with Crippen LogP contribution in [0.5, 0.6) is 5.75 Å². The van der Waals surface area contributed by atoms with Crippen LogP contribution in [0.4, 0.5) is 27.6 Å². The largest absolute Gasteiger partial charge is 0.433 e. The molecule has 1 amide bonds. The molecule has 0 bridgehead atoms. The first-order valence-electron chi connectivity index (χ1n) is 11.4. The van der Waals surface area contributed by atoms with Crippen LogP contribution in [0, 0.1) is 5.92 Å². The standard InChI is InChI=1S/C24H25ClF5N3O2S/c1-33(22(34)13-4-6-36-7-5-13)21(24(28,29)30)19-3-2-16(12-31-19)32-17-8-14-10-18(25)20(35-23(26)27)11-15(14)9-17/h2-3,10-13,17,21,23,32H,4-9H2,1H3/t17?,21-/m0/s1. The lowest BCUT2D eigenvalue weighted by molar-refractivity contribution is -0.191. The molecule has 0 radical (unpaired) electrons. The Hall–Kier alpha value is -2.27. The van der Waals surface area contributed by atoms with Crippen molar-refractivity contribution in [2.75, 3.05) is 23.9 Å². The average molecular weight is 550 g/mol. The molecule has 2 heterocycles. The summed E-state index contributed by atoms with van der Waals surface area (Å²) in [5.74, 6) is 0.501. The van der Waals surface area contributed by atoms with Gasteiger partial charge in [-0.15, -0.1) is 0 Å². The van der Waals surface area contributed by atoms with Gasteiger partial charge in [0.25, 0.3) is 0 Å². The number of rotatable bonds is 7. The molecule has 0 saturated carbocycles. The van der Waals surface area contributed by atoms with Crippen LogP contribution in [0.15, 0.2) is 30.5 Å². The molecule has 1 aromatic carbocycles. The number of thioether (sulfide) groups is 1. The van der Waals surface area contributed by atoms with Crippen molar-refractivity contribution in [2.45, 2.75) is 50.6 Å². The maximum absolute atomic E-state index is 14.0. The van der Waals surface area contributed by atoms with Gasteiger partial charge in [0.1, 0.15) is 5.75 Å². The van der Waals surface area contributed by atoms with Crippen molar-refractivity contribution in [3.05, 3.63) is 52.3 Å². The van der Waals surface area contributed by atoms with Gasteiger partial charge in [-0.2, -0.15) is 33.7 Å². The first-order valence-corrected chi connectivity index (χ1v) is 13.0. The summed E-state index contributed by atoms with van der Waals surface area (Å²) in [6.45, 7) is -2.99. The quantitative estimate of drug-likeness (QED) is 0.422. The zero-order chi connectivity index (χ0) is 26.0. The molecule has 12 heteroatoms. The van der Waals surface area contributed by atoms with E-state index in [0.29, 0.717) is 31.4 Å². The molecule has 2 atom stereocenters. The molecule has 2 aliphatic rings. The summed E-state index contributed by atoms with van der Waals surface area (Å²) in [6, 6.07) is 3.58. The Balaban J connectivity index is 1.44. The third-order valence-electron chi connectivity index (χ3n) is 6.46. The van der Waals surface area contributed by atoms with E-state index in [1.807, 2.05) is 0 Å². The fourth-order valence-electron chi connectivity index (χ4n) is 4.74. The maximum atomic E-state index is 14.0. The zero-order valence-corrected chi connectivity index (χ0v) is 20.9. The van der Waals surface area contributed by atoms with Crippen molar-refractivity contribution in [3.8, 4) is 5.75 Å². The van der Waals surface area contributed by atoms with Gasteiger partial charge in [-0.05, 0) is 72.6 Å². The van der Waals surface area contributed by atoms with Gasteiger partial charge in [-0.25, -0.2) is 0 Å². The predicted octanol–water partition coefficient (Wildman–Crippen LogP) is 6.12. The molecule has 1 saturated heterocycles. The molecule has 36 heavy (non-hydrogen) atoms. The molecule has 5 nitrogen and oxygen atoms in total. The Morgan fingerprint density at radius 2 is 1.86 bits per heavy atom. The highest BCUT2D eigenvalue weighted by Crippen LogP contribution is 2.39. The van der Waals surface area contributed by atoms with E-state index >= 15 is 0 Å². The third-order valence-corrected chi connectivity index (χ3v) is 7.80. The van der Waals surface area contributed by atoms with Crippen molar-refractivity contribution in [3.63, 3.8) is 0 Å². The van der Waals surface area contributed by atoms with Crippen molar-refractivity contribution in [1.29, 1.82) is 0 Å². The first-order chi connectivity index (χ1) is 17.0. The van der Waals surface area contributed by atoms with Crippen LogP contribution in [-0.4, -0.2) is 53.2 Å². The van der Waals surface area contributed by atoms with Crippen molar-refractivity contribution in [1.82, 2.24) is 9.88 Å². The predicted molar refractivity (Wildman–Crippen MR) is 129 cm³/mol. The number of nitrogens with zero attached hydrogens (tertiary/aromatic N) is 2. The fraction of sp³-hybridized carbons (Fsp3) is 0.500. The summed E-state index contributed by atoms with van der Waals surface area (Å²) in [5.41, 5.74) is 1.92. The number of anilines is 1. The number of halogens is 6. The number of alkyl halides is 5. The molecule has 4 rings (SSSR count). The number of nitrogens with one attached hydrogen (secondary N) is 1. The number of benzene rings is 1. The average Bonchev–Trinajstić information content (AvgIpc) is 3.20. The Morgan fingerprint density at radius 3 is 2.44 bits per heavy atom. The molecule has 1 unspecified atom stereocenters. The minimum absolute atomic E-state index is 0.0876. The topological polar surface area (TPSA) is 54.5 Å². The van der Waals surface area contributed by atoms with E-state index < -0.39 is 30.7 Å². The van der Waals surface area contributed by atoms with E-state index in [4.69, 9.17) is 11.6 Å². The van der Waals surface area contributed by atoms with Gasteiger partial charge in [0.15, 0.2) is 6.04 Å². The first kappa shape index (κ1) is 26.8. The molecule has 1 N–H and O–H groups in total. The van der Waals surface area contributed by atoms with Crippen molar-refractivity contribution in [2.24, 2.45) is 5.92 Å². The van der Waals surface area contributed by atoms with Gasteiger partial charge in [0, 0.05) is 19.0 Å². The van der Waals surface area contributed by atoms with E-state index in [1.165, 1.54) is 31.4 Å². The lowest BCUT2D eigenvalue weighted by Gasteiger charge is -2.33. The normalized spacial score (nSPS) is 19.2. The summed E-state index contributed by atoms with van der Waals surface area (Å²) >= 11 is 7.73. The second-order valence-electron chi connectivity index (χ2n) is 8.93. The molecule has 1 fully saturated rings. The lowest BCUT2D eigenvalue weighted by Crippen LogP contribution is -2.43. The van der Waals surface area contributed by atoms with Crippen LogP contribution in [-0.2, 0) is 17.6 Å². The van der Waals surface area contributed by atoms with E-state index in [9.17, 15) is 26.7 Å². The number of hydrogen-bond donors (Lipinski definition) is 1. The summed E-state index contributed by atoms with van der Waals surface area (Å²) in [7, 11) is 1.18. The van der Waals surface area contributed by atoms with E-state index in [-0.39, 0.29) is 22.5 Å². The van der Waals surface area contributed by atoms with Crippen LogP contribution < -0.4 is 10.1 Å². The molecule has 1 aliphatic carbocycles. The third kappa shape index (κ3) is 6.16. The van der Waals surface area contributed by atoms with Gasteiger partial charge in [-0.3, -0.25) is 9.78 Å². The minimum atomic E-state index is -4.68. The highest BCUT2D eigenvalue weighted by Gasteiger charge is 2.47. The van der Waals surface area contributed by atoms with Gasteiger partial charge in [-0.1, -0.05) is 11.6 Å². The number of carbonyl (C=O) groups is 1. The number of ether oxygens (including phenoxy) is 1. The summed E-state index contributed by atoms with van der Waals surface area (Å²) in [6.07, 6.45) is -1.19. The van der Waals surface area contributed by atoms with Crippen LogP contribution in [0.3, 0.4) is 0 Å². The molecular weight excluding hydrogens is 525 g/mol.